The largest absolute Gasteiger partial charge is 0.469 e. The monoisotopic (exact) mass is 767 g/mol. The average Bonchev–Trinajstić information content (AvgIpc) is 3.88. The summed E-state index contributed by atoms with van der Waals surface area (Å²) in [6, 6.07) is 0. The zero-order chi connectivity index (χ0) is 38.7. The predicted molar refractivity (Wildman–Crippen MR) is 215 cm³/mol. The van der Waals surface area contributed by atoms with Crippen LogP contribution in [0.3, 0.4) is 0 Å². The van der Waals surface area contributed by atoms with Crippen LogP contribution in [0.25, 0.3) is 0 Å². The second-order valence-corrected chi connectivity index (χ2v) is 15.6. The minimum atomic E-state index is -4.78. The van der Waals surface area contributed by atoms with Crippen molar-refractivity contribution in [3.63, 3.8) is 0 Å². The van der Waals surface area contributed by atoms with Crippen molar-refractivity contribution < 1.29 is 42.7 Å². The van der Waals surface area contributed by atoms with Gasteiger partial charge in [0.15, 0.2) is 6.10 Å². The van der Waals surface area contributed by atoms with Gasteiger partial charge in [0.05, 0.1) is 18.8 Å². The predicted octanol–water partition coefficient (Wildman–Crippen LogP) is 11.7. The summed E-state index contributed by atoms with van der Waals surface area (Å²) in [7, 11) is -4.78. The summed E-state index contributed by atoms with van der Waals surface area (Å²) in [6.07, 6.45) is 44.3. The molecule has 0 radical (unpaired) electrons. The number of carbonyl (C=O) groups excluding carboxylic acids is 2. The first-order chi connectivity index (χ1) is 25.7. The van der Waals surface area contributed by atoms with E-state index in [-0.39, 0.29) is 31.7 Å². The molecule has 53 heavy (non-hydrogen) atoms. The fraction of sp³-hybridized carbons (Fsp3) is 0.767. The normalized spacial score (nSPS) is 16.8. The van der Waals surface area contributed by atoms with Crippen molar-refractivity contribution in [2.24, 2.45) is 0 Å². The van der Waals surface area contributed by atoms with Gasteiger partial charge in [-0.15, -0.1) is 0 Å². The van der Waals surface area contributed by atoms with E-state index in [0.29, 0.717) is 19.3 Å². The molecule has 1 aliphatic rings. The van der Waals surface area contributed by atoms with Gasteiger partial charge in [-0.2, -0.15) is 0 Å². The first-order valence-corrected chi connectivity index (χ1v) is 22.6. The molecule has 9 nitrogen and oxygen atoms in total. The minimum absolute atomic E-state index is 0.126. The lowest BCUT2D eigenvalue weighted by Crippen LogP contribution is -2.29. The molecule has 0 aromatic heterocycles. The molecule has 0 aromatic carbocycles. The number of esters is 2. The third-order valence-electron chi connectivity index (χ3n) is 9.22. The summed E-state index contributed by atoms with van der Waals surface area (Å²) in [5.41, 5.74) is 0. The van der Waals surface area contributed by atoms with Crippen molar-refractivity contribution in [2.45, 2.75) is 199 Å². The highest BCUT2D eigenvalue weighted by Gasteiger charge is 2.36. The summed E-state index contributed by atoms with van der Waals surface area (Å²) in [6.45, 7) is 3.59. The van der Waals surface area contributed by atoms with Gasteiger partial charge in [0, 0.05) is 12.8 Å². The fourth-order valence-corrected chi connectivity index (χ4v) is 6.29. The van der Waals surface area contributed by atoms with Gasteiger partial charge in [0.2, 0.25) is 0 Å². The van der Waals surface area contributed by atoms with Crippen LogP contribution in [0.15, 0.2) is 48.6 Å². The molecular weight excluding hydrogens is 691 g/mol. The van der Waals surface area contributed by atoms with Crippen molar-refractivity contribution in [1.29, 1.82) is 0 Å². The molecule has 0 spiro atoms. The quantitative estimate of drug-likeness (QED) is 0.0208. The lowest BCUT2D eigenvalue weighted by molar-refractivity contribution is -0.161. The van der Waals surface area contributed by atoms with Crippen LogP contribution < -0.4 is 0 Å². The van der Waals surface area contributed by atoms with Crippen molar-refractivity contribution in [2.75, 3.05) is 13.2 Å². The maximum atomic E-state index is 12.4. The van der Waals surface area contributed by atoms with E-state index in [1.165, 1.54) is 83.5 Å². The van der Waals surface area contributed by atoms with E-state index in [9.17, 15) is 14.2 Å². The summed E-state index contributed by atoms with van der Waals surface area (Å²) >= 11 is 0. The Morgan fingerprint density at radius 1 is 0.585 bits per heavy atom. The van der Waals surface area contributed by atoms with Gasteiger partial charge < -0.3 is 24.0 Å². The van der Waals surface area contributed by atoms with Crippen molar-refractivity contribution >= 4 is 19.8 Å². The number of unbranched alkanes of at least 4 members (excludes halogenated alkanes) is 17. The van der Waals surface area contributed by atoms with Gasteiger partial charge >= 0.3 is 19.8 Å². The topological polar surface area (TPSA) is 132 Å². The standard InChI is InChI=1S/C43H75O9P/c1-3-5-7-9-11-13-14-15-16-17-18-19-20-22-24-26-31-35-42(44)49-37-39(38-50-53(46,47)48)51-43(45)36-32-28-27-30-34-41-40(52-41)33-29-25-23-21-12-10-8-6-4-2/h12,15-16,21,25,27,29-30,39-41H,3-11,13-14,17-20,22-24,26,28,31-38H2,1-2H3,(H2,46,47,48)/b16-15-,21-12-,29-25-,30-27-/t39-,40?,41?/m1/s1. The Bertz CT molecular complexity index is 1060. The first-order valence-electron chi connectivity index (χ1n) is 21.1. The van der Waals surface area contributed by atoms with E-state index < -0.39 is 32.5 Å². The molecule has 2 unspecified atom stereocenters. The van der Waals surface area contributed by atoms with Gasteiger partial charge in [-0.05, 0) is 77.0 Å². The van der Waals surface area contributed by atoms with E-state index in [1.807, 2.05) is 6.08 Å². The van der Waals surface area contributed by atoms with Gasteiger partial charge in [0.1, 0.15) is 6.61 Å². The molecule has 3 atom stereocenters. The van der Waals surface area contributed by atoms with Crippen LogP contribution in [-0.4, -0.2) is 53.3 Å². The van der Waals surface area contributed by atoms with E-state index in [4.69, 9.17) is 24.0 Å². The molecule has 1 saturated heterocycles. The Hall–Kier alpha value is -2.03. The molecule has 1 fully saturated rings. The van der Waals surface area contributed by atoms with Crippen LogP contribution in [0.4, 0.5) is 0 Å². The number of allylic oxidation sites excluding steroid dienone is 6. The number of phosphoric acid groups is 1. The highest BCUT2D eigenvalue weighted by atomic mass is 31.2. The van der Waals surface area contributed by atoms with Crippen LogP contribution >= 0.6 is 7.82 Å². The highest BCUT2D eigenvalue weighted by molar-refractivity contribution is 7.46. The van der Waals surface area contributed by atoms with Crippen molar-refractivity contribution in [3.05, 3.63) is 48.6 Å². The number of epoxide rings is 1. The summed E-state index contributed by atoms with van der Waals surface area (Å²) < 4.78 is 32.1. The fourth-order valence-electron chi connectivity index (χ4n) is 5.93. The molecular formula is C43H75O9P. The summed E-state index contributed by atoms with van der Waals surface area (Å²) in [5.74, 6) is -0.963. The second-order valence-electron chi connectivity index (χ2n) is 14.3. The van der Waals surface area contributed by atoms with E-state index in [1.54, 1.807) is 0 Å². The number of phosphoric ester groups is 1. The molecule has 0 bridgehead atoms. The molecule has 0 saturated carbocycles. The molecule has 10 heteroatoms. The zero-order valence-electron chi connectivity index (χ0n) is 33.3. The van der Waals surface area contributed by atoms with Crippen LogP contribution in [0.1, 0.15) is 181 Å². The van der Waals surface area contributed by atoms with E-state index >= 15 is 0 Å². The Morgan fingerprint density at radius 3 is 1.66 bits per heavy atom. The molecule has 1 aliphatic heterocycles. The lowest BCUT2D eigenvalue weighted by atomic mass is 10.1. The average molecular weight is 767 g/mol. The summed E-state index contributed by atoms with van der Waals surface area (Å²) in [5, 5.41) is 0. The second kappa shape index (κ2) is 34.5. The Kier molecular flexibility index (Phi) is 31.9. The van der Waals surface area contributed by atoms with Gasteiger partial charge in [-0.25, -0.2) is 4.57 Å². The molecule has 0 amide bonds. The molecule has 1 heterocycles. The first kappa shape index (κ1) is 49.0. The number of rotatable bonds is 37. The third kappa shape index (κ3) is 34.2. The van der Waals surface area contributed by atoms with Crippen LogP contribution in [0.2, 0.25) is 0 Å². The molecule has 0 aromatic rings. The minimum Gasteiger partial charge on any atom is -0.462 e. The zero-order valence-corrected chi connectivity index (χ0v) is 34.2. The molecule has 306 valence electrons. The van der Waals surface area contributed by atoms with E-state index in [2.05, 4.69) is 60.9 Å². The maximum Gasteiger partial charge on any atom is 0.469 e. The lowest BCUT2D eigenvalue weighted by Gasteiger charge is -2.18. The van der Waals surface area contributed by atoms with Crippen molar-refractivity contribution in [3.8, 4) is 0 Å². The highest BCUT2D eigenvalue weighted by Crippen LogP contribution is 2.36. The number of carbonyl (C=O) groups is 2. The number of hydrogen-bond acceptors (Lipinski definition) is 7. The van der Waals surface area contributed by atoms with Gasteiger partial charge in [0.25, 0.3) is 0 Å². The SMILES string of the molecule is CCCCC/C=C\C/C=C\CC1OC1C/C=C\CCCC(=O)O[C@H](COC(=O)CCCCCCCCC/C=C\CCCCCCCC)COP(=O)(O)O. The van der Waals surface area contributed by atoms with Gasteiger partial charge in [-0.1, -0.05) is 140 Å². The number of hydrogen-bond donors (Lipinski definition) is 2. The maximum absolute atomic E-state index is 12.4. The Balaban J connectivity index is 2.11. The summed E-state index contributed by atoms with van der Waals surface area (Å²) in [4.78, 5) is 42.9. The Labute approximate surface area is 322 Å². The Morgan fingerprint density at radius 2 is 1.04 bits per heavy atom. The van der Waals surface area contributed by atoms with Crippen LogP contribution in [0, 0.1) is 0 Å². The smallest absolute Gasteiger partial charge is 0.462 e. The van der Waals surface area contributed by atoms with Crippen molar-refractivity contribution in [1.82, 2.24) is 0 Å². The third-order valence-corrected chi connectivity index (χ3v) is 9.71. The van der Waals surface area contributed by atoms with Gasteiger partial charge in [-0.3, -0.25) is 14.1 Å². The van der Waals surface area contributed by atoms with E-state index in [0.717, 1.165) is 51.4 Å². The van der Waals surface area contributed by atoms with Crippen LogP contribution in [-0.2, 0) is 32.9 Å². The number of ether oxygens (including phenoxy) is 3. The molecule has 0 aliphatic carbocycles. The molecule has 1 rings (SSSR count). The van der Waals surface area contributed by atoms with Crippen LogP contribution in [0.5, 0.6) is 0 Å². The molecule has 2 N–H and O–H groups in total.